The highest BCUT2D eigenvalue weighted by molar-refractivity contribution is 6.30. The van der Waals surface area contributed by atoms with E-state index in [-0.39, 0.29) is 6.54 Å². The van der Waals surface area contributed by atoms with Gasteiger partial charge in [0.25, 0.3) is 0 Å². The van der Waals surface area contributed by atoms with Crippen molar-refractivity contribution in [2.75, 3.05) is 26.3 Å². The predicted octanol–water partition coefficient (Wildman–Crippen LogP) is 1.70. The minimum absolute atomic E-state index is 0.214. The molecule has 1 atom stereocenters. The Kier molecular flexibility index (Phi) is 8.02. The lowest BCUT2D eigenvalue weighted by molar-refractivity contribution is 0.145. The van der Waals surface area contributed by atoms with Gasteiger partial charge >= 0.3 is 0 Å². The van der Waals surface area contributed by atoms with Gasteiger partial charge in [0.05, 0.1) is 12.6 Å². The van der Waals surface area contributed by atoms with Crippen LogP contribution in [-0.4, -0.2) is 37.4 Å². The molecule has 0 radical (unpaired) electrons. The lowest BCUT2D eigenvalue weighted by atomic mass is 10.1. The van der Waals surface area contributed by atoms with E-state index in [1.807, 2.05) is 6.92 Å². The lowest BCUT2D eigenvalue weighted by Crippen LogP contribution is -2.33. The molecule has 0 bridgehead atoms. The summed E-state index contributed by atoms with van der Waals surface area (Å²) in [5.74, 6) is 0.328. The summed E-state index contributed by atoms with van der Waals surface area (Å²) in [4.78, 5) is 4.10. The molecule has 1 aromatic rings. The van der Waals surface area contributed by atoms with Crippen LogP contribution in [0.1, 0.15) is 25.0 Å². The van der Waals surface area contributed by atoms with E-state index in [1.165, 1.54) is 0 Å². The molecular weight excluding hydrogens is 278 g/mol. The summed E-state index contributed by atoms with van der Waals surface area (Å²) in [7, 11) is 0. The molecule has 0 fully saturated rings. The number of aliphatic hydroxyl groups is 1. The van der Waals surface area contributed by atoms with Gasteiger partial charge < -0.3 is 20.9 Å². The minimum Gasteiger partial charge on any atom is -0.386 e. The third kappa shape index (κ3) is 6.75. The van der Waals surface area contributed by atoms with E-state index in [1.54, 1.807) is 24.3 Å². The standard InChI is InChI=1S/C14H22ClN3O2/c1-2-20-9-3-8-17-14(16)18-10-13(19)11-4-6-12(15)7-5-11/h4-7,13,19H,2-3,8-10H2,1H3,(H3,16,17,18). The molecule has 0 amide bonds. The first-order valence-electron chi connectivity index (χ1n) is 6.68. The van der Waals surface area contributed by atoms with Gasteiger partial charge in [-0.15, -0.1) is 0 Å². The Morgan fingerprint density at radius 2 is 2.15 bits per heavy atom. The second-order valence-electron chi connectivity index (χ2n) is 4.27. The maximum Gasteiger partial charge on any atom is 0.188 e. The molecule has 0 aromatic heterocycles. The fourth-order valence-corrected chi connectivity index (χ4v) is 1.69. The molecule has 0 saturated heterocycles. The molecule has 1 aromatic carbocycles. The van der Waals surface area contributed by atoms with Crippen LogP contribution >= 0.6 is 11.6 Å². The van der Waals surface area contributed by atoms with Gasteiger partial charge in [0.2, 0.25) is 0 Å². The van der Waals surface area contributed by atoms with Crippen LogP contribution < -0.4 is 11.1 Å². The Morgan fingerprint density at radius 3 is 2.80 bits per heavy atom. The van der Waals surface area contributed by atoms with Gasteiger partial charge in [0, 0.05) is 24.8 Å². The van der Waals surface area contributed by atoms with Crippen molar-refractivity contribution >= 4 is 17.6 Å². The molecule has 112 valence electrons. The smallest absolute Gasteiger partial charge is 0.188 e. The van der Waals surface area contributed by atoms with Gasteiger partial charge in [0.1, 0.15) is 0 Å². The van der Waals surface area contributed by atoms with Crippen LogP contribution in [0.15, 0.2) is 29.3 Å². The number of hydrogen-bond donors (Lipinski definition) is 3. The SMILES string of the molecule is CCOCCCNC(N)=NCC(O)c1ccc(Cl)cc1. The molecule has 4 N–H and O–H groups in total. The monoisotopic (exact) mass is 299 g/mol. The summed E-state index contributed by atoms with van der Waals surface area (Å²) in [5.41, 5.74) is 6.47. The average Bonchev–Trinajstić information content (AvgIpc) is 2.45. The van der Waals surface area contributed by atoms with Crippen LogP contribution in [0.2, 0.25) is 5.02 Å². The predicted molar refractivity (Wildman–Crippen MR) is 82.0 cm³/mol. The maximum atomic E-state index is 9.95. The molecule has 1 rings (SSSR count). The number of nitrogens with two attached hydrogens (primary N) is 1. The van der Waals surface area contributed by atoms with Crippen molar-refractivity contribution in [1.82, 2.24) is 5.32 Å². The Hall–Kier alpha value is -1.30. The Labute approximate surface area is 124 Å². The number of halogens is 1. The zero-order valence-corrected chi connectivity index (χ0v) is 12.4. The number of hydrogen-bond acceptors (Lipinski definition) is 3. The second-order valence-corrected chi connectivity index (χ2v) is 4.71. The van der Waals surface area contributed by atoms with Crippen LogP contribution in [-0.2, 0) is 4.74 Å². The van der Waals surface area contributed by atoms with Gasteiger partial charge in [-0.05, 0) is 31.0 Å². The first-order chi connectivity index (χ1) is 9.63. The van der Waals surface area contributed by atoms with Crippen LogP contribution in [0.4, 0.5) is 0 Å². The molecular formula is C14H22ClN3O2. The van der Waals surface area contributed by atoms with Gasteiger partial charge in [-0.25, -0.2) is 0 Å². The Morgan fingerprint density at radius 1 is 1.45 bits per heavy atom. The third-order valence-electron chi connectivity index (χ3n) is 2.67. The normalized spacial score (nSPS) is 13.2. The minimum atomic E-state index is -0.684. The fraction of sp³-hybridized carbons (Fsp3) is 0.500. The van der Waals surface area contributed by atoms with Crippen molar-refractivity contribution < 1.29 is 9.84 Å². The number of guanidine groups is 1. The maximum absolute atomic E-state index is 9.95. The van der Waals surface area contributed by atoms with Gasteiger partial charge in [-0.3, -0.25) is 4.99 Å². The largest absolute Gasteiger partial charge is 0.386 e. The van der Waals surface area contributed by atoms with Crippen LogP contribution in [0.3, 0.4) is 0 Å². The van der Waals surface area contributed by atoms with Gasteiger partial charge in [0.15, 0.2) is 5.96 Å². The van der Waals surface area contributed by atoms with Crippen molar-refractivity contribution in [3.8, 4) is 0 Å². The number of ether oxygens (including phenoxy) is 1. The molecule has 0 aliphatic heterocycles. The number of rotatable bonds is 8. The number of aliphatic imine (C=N–C) groups is 1. The third-order valence-corrected chi connectivity index (χ3v) is 2.92. The summed E-state index contributed by atoms with van der Waals surface area (Å²) in [6.45, 7) is 4.29. The van der Waals surface area contributed by atoms with E-state index < -0.39 is 6.10 Å². The van der Waals surface area contributed by atoms with Gasteiger partial charge in [-0.2, -0.15) is 0 Å². The Balaban J connectivity index is 2.29. The topological polar surface area (TPSA) is 79.9 Å². The summed E-state index contributed by atoms with van der Waals surface area (Å²) in [5, 5.41) is 13.6. The summed E-state index contributed by atoms with van der Waals surface area (Å²) >= 11 is 5.79. The molecule has 0 heterocycles. The molecule has 20 heavy (non-hydrogen) atoms. The van der Waals surface area contributed by atoms with E-state index in [2.05, 4.69) is 10.3 Å². The number of benzene rings is 1. The van der Waals surface area contributed by atoms with Gasteiger partial charge in [-0.1, -0.05) is 23.7 Å². The van der Waals surface area contributed by atoms with Crippen LogP contribution in [0.5, 0.6) is 0 Å². The average molecular weight is 300 g/mol. The molecule has 0 aliphatic rings. The van der Waals surface area contributed by atoms with Crippen molar-refractivity contribution in [2.24, 2.45) is 10.7 Å². The first kappa shape index (κ1) is 16.8. The highest BCUT2D eigenvalue weighted by Gasteiger charge is 2.06. The van der Waals surface area contributed by atoms with Crippen molar-refractivity contribution in [2.45, 2.75) is 19.4 Å². The number of aliphatic hydroxyl groups excluding tert-OH is 1. The zero-order valence-electron chi connectivity index (χ0n) is 11.7. The summed E-state index contributed by atoms with van der Waals surface area (Å²) in [6.07, 6.45) is 0.181. The zero-order chi connectivity index (χ0) is 14.8. The van der Waals surface area contributed by atoms with E-state index in [4.69, 9.17) is 22.1 Å². The highest BCUT2D eigenvalue weighted by atomic mass is 35.5. The molecule has 1 unspecified atom stereocenters. The molecule has 0 spiro atoms. The number of nitrogens with zero attached hydrogens (tertiary/aromatic N) is 1. The van der Waals surface area contributed by atoms with Crippen molar-refractivity contribution in [1.29, 1.82) is 0 Å². The van der Waals surface area contributed by atoms with Crippen LogP contribution in [0.25, 0.3) is 0 Å². The molecule has 6 heteroatoms. The number of nitrogens with one attached hydrogen (secondary N) is 1. The quantitative estimate of drug-likeness (QED) is 0.388. The van der Waals surface area contributed by atoms with Crippen molar-refractivity contribution in [3.63, 3.8) is 0 Å². The highest BCUT2D eigenvalue weighted by Crippen LogP contribution is 2.16. The summed E-state index contributed by atoms with van der Waals surface area (Å²) < 4.78 is 5.21. The summed E-state index contributed by atoms with van der Waals surface area (Å²) in [6, 6.07) is 7.01. The molecule has 0 saturated carbocycles. The molecule has 5 nitrogen and oxygen atoms in total. The van der Waals surface area contributed by atoms with Crippen molar-refractivity contribution in [3.05, 3.63) is 34.9 Å². The van der Waals surface area contributed by atoms with E-state index >= 15 is 0 Å². The second kappa shape index (κ2) is 9.58. The molecule has 0 aliphatic carbocycles. The van der Waals surface area contributed by atoms with E-state index in [0.29, 0.717) is 24.1 Å². The van der Waals surface area contributed by atoms with Crippen LogP contribution in [0, 0.1) is 0 Å². The fourth-order valence-electron chi connectivity index (χ4n) is 1.57. The van der Waals surface area contributed by atoms with E-state index in [9.17, 15) is 5.11 Å². The Bertz CT molecular complexity index is 409. The van der Waals surface area contributed by atoms with E-state index in [0.717, 1.165) is 18.6 Å². The first-order valence-corrected chi connectivity index (χ1v) is 7.06. The lowest BCUT2D eigenvalue weighted by Gasteiger charge is -2.10.